The monoisotopic (exact) mass is 453 g/mol. The molecule has 0 spiro atoms. The van der Waals surface area contributed by atoms with E-state index in [0.717, 1.165) is 36.2 Å². The molecule has 0 saturated carbocycles. The molecule has 3 heterocycles. The molecule has 1 aliphatic rings. The first-order chi connectivity index (χ1) is 15.6. The van der Waals surface area contributed by atoms with E-state index < -0.39 is 0 Å². The summed E-state index contributed by atoms with van der Waals surface area (Å²) in [7, 11) is 0. The topological polar surface area (TPSA) is 70.2 Å². The van der Waals surface area contributed by atoms with Crippen LogP contribution in [0.15, 0.2) is 67.1 Å². The Morgan fingerprint density at radius 1 is 1.12 bits per heavy atom. The fourth-order valence-electron chi connectivity index (χ4n) is 3.81. The minimum Gasteiger partial charge on any atom is -0.348 e. The molecule has 3 aromatic rings. The van der Waals surface area contributed by atoms with Crippen molar-refractivity contribution in [1.82, 2.24) is 20.6 Å². The van der Waals surface area contributed by atoms with E-state index in [4.69, 9.17) is 11.6 Å². The molecule has 2 aromatic heterocycles. The Hall–Kier alpha value is -3.03. The van der Waals surface area contributed by atoms with Crippen molar-refractivity contribution in [1.29, 1.82) is 0 Å². The van der Waals surface area contributed by atoms with Gasteiger partial charge in [-0.05, 0) is 60.7 Å². The Morgan fingerprint density at radius 3 is 2.75 bits per heavy atom. The highest BCUT2D eigenvalue weighted by atomic mass is 35.5. The number of carbonyl (C=O) groups excluding carboxylic acids is 1. The van der Waals surface area contributed by atoms with Crippen LogP contribution in [0.5, 0.6) is 0 Å². The van der Waals surface area contributed by atoms with Crippen LogP contribution in [0.1, 0.15) is 34.3 Å². The van der Waals surface area contributed by atoms with Gasteiger partial charge in [0.15, 0.2) is 0 Å². The summed E-state index contributed by atoms with van der Waals surface area (Å²) >= 11 is 6.56. The van der Waals surface area contributed by atoms with Crippen molar-refractivity contribution < 1.29 is 9.18 Å². The molecule has 2 unspecified atom stereocenters. The van der Waals surface area contributed by atoms with Crippen molar-refractivity contribution in [2.45, 2.75) is 37.5 Å². The molecule has 1 fully saturated rings. The second-order valence-corrected chi connectivity index (χ2v) is 8.22. The summed E-state index contributed by atoms with van der Waals surface area (Å²) in [5.74, 6) is 0.302. The number of amides is 1. The second-order valence-electron chi connectivity index (χ2n) is 7.72. The van der Waals surface area contributed by atoms with Gasteiger partial charge in [-0.25, -0.2) is 9.37 Å². The third kappa shape index (κ3) is 5.60. The molecule has 0 radical (unpaired) electrons. The van der Waals surface area contributed by atoms with Crippen LogP contribution in [-0.2, 0) is 13.0 Å². The van der Waals surface area contributed by atoms with Crippen molar-refractivity contribution >= 4 is 23.3 Å². The molecule has 4 rings (SSSR count). The van der Waals surface area contributed by atoms with Crippen LogP contribution < -0.4 is 15.5 Å². The van der Waals surface area contributed by atoms with Gasteiger partial charge in [-0.3, -0.25) is 15.1 Å². The normalized spacial score (nSPS) is 18.0. The van der Waals surface area contributed by atoms with Crippen LogP contribution in [0.4, 0.5) is 10.2 Å². The number of halogens is 2. The molecule has 32 heavy (non-hydrogen) atoms. The molecule has 0 bridgehead atoms. The van der Waals surface area contributed by atoms with Gasteiger partial charge in [0.2, 0.25) is 0 Å². The second kappa shape index (κ2) is 10.5. The summed E-state index contributed by atoms with van der Waals surface area (Å²) < 4.78 is 13.4. The van der Waals surface area contributed by atoms with E-state index in [0.29, 0.717) is 18.7 Å². The highest BCUT2D eigenvalue weighted by Crippen LogP contribution is 2.30. The van der Waals surface area contributed by atoms with Gasteiger partial charge in [-0.2, -0.15) is 0 Å². The molecule has 1 aromatic carbocycles. The number of rotatable bonds is 8. The van der Waals surface area contributed by atoms with E-state index in [1.54, 1.807) is 36.8 Å². The molecule has 1 aliphatic heterocycles. The van der Waals surface area contributed by atoms with E-state index in [9.17, 15) is 9.18 Å². The molecular weight excluding hydrogens is 429 g/mol. The van der Waals surface area contributed by atoms with Gasteiger partial charge in [-0.15, -0.1) is 0 Å². The minimum absolute atomic E-state index is 0.0313. The lowest BCUT2D eigenvalue weighted by Gasteiger charge is -2.29. The zero-order valence-corrected chi connectivity index (χ0v) is 18.3. The average Bonchev–Trinajstić information content (AvgIpc) is 3.18. The summed E-state index contributed by atoms with van der Waals surface area (Å²) in [6.07, 6.45) is 7.44. The fourth-order valence-corrected chi connectivity index (χ4v) is 4.17. The SMILES string of the molecule is O=C(NCc1cccnc1)c1ccc(N2C(Cl)CCC2NCCc2cccc(F)c2)nc1. The number of hydrogen-bond acceptors (Lipinski definition) is 5. The quantitative estimate of drug-likeness (QED) is 0.400. The number of nitrogens with zero attached hydrogens (tertiary/aromatic N) is 3. The first kappa shape index (κ1) is 22.2. The molecule has 8 heteroatoms. The van der Waals surface area contributed by atoms with Gasteiger partial charge in [0.05, 0.1) is 11.7 Å². The maximum Gasteiger partial charge on any atom is 0.253 e. The van der Waals surface area contributed by atoms with Crippen LogP contribution in [0.25, 0.3) is 0 Å². The molecule has 166 valence electrons. The number of aromatic nitrogens is 2. The van der Waals surface area contributed by atoms with Gasteiger partial charge in [0.25, 0.3) is 5.91 Å². The van der Waals surface area contributed by atoms with E-state index in [-0.39, 0.29) is 23.4 Å². The maximum absolute atomic E-state index is 13.4. The third-order valence-electron chi connectivity index (χ3n) is 5.45. The summed E-state index contributed by atoms with van der Waals surface area (Å²) in [5.41, 5.74) is 2.18. The van der Waals surface area contributed by atoms with E-state index in [1.807, 2.05) is 29.2 Å². The van der Waals surface area contributed by atoms with Crippen LogP contribution >= 0.6 is 11.6 Å². The molecule has 2 atom stereocenters. The first-order valence-electron chi connectivity index (χ1n) is 10.6. The maximum atomic E-state index is 13.4. The smallest absolute Gasteiger partial charge is 0.253 e. The summed E-state index contributed by atoms with van der Waals surface area (Å²) in [6.45, 7) is 1.10. The summed E-state index contributed by atoms with van der Waals surface area (Å²) in [6, 6.07) is 14.0. The van der Waals surface area contributed by atoms with E-state index in [2.05, 4.69) is 20.6 Å². The molecule has 0 aliphatic carbocycles. The number of alkyl halides is 1. The van der Waals surface area contributed by atoms with Crippen LogP contribution in [0.2, 0.25) is 0 Å². The predicted molar refractivity (Wildman–Crippen MR) is 123 cm³/mol. The van der Waals surface area contributed by atoms with Gasteiger partial charge < -0.3 is 10.2 Å². The molecule has 1 amide bonds. The van der Waals surface area contributed by atoms with Crippen LogP contribution in [-0.4, -0.2) is 34.1 Å². The molecule has 6 nitrogen and oxygen atoms in total. The molecular formula is C24H25ClFN5O. The van der Waals surface area contributed by atoms with E-state index >= 15 is 0 Å². The Kier molecular flexibility index (Phi) is 7.29. The summed E-state index contributed by atoms with van der Waals surface area (Å²) in [5, 5.41) is 6.37. The number of carbonyl (C=O) groups is 1. The van der Waals surface area contributed by atoms with Crippen molar-refractivity contribution in [3.8, 4) is 0 Å². The van der Waals surface area contributed by atoms with Crippen LogP contribution in [0, 0.1) is 5.82 Å². The Balaban J connectivity index is 1.34. The number of pyridine rings is 2. The summed E-state index contributed by atoms with van der Waals surface area (Å²) in [4.78, 5) is 23.0. The third-order valence-corrected chi connectivity index (χ3v) is 5.88. The van der Waals surface area contributed by atoms with Gasteiger partial charge in [-0.1, -0.05) is 29.8 Å². The lowest BCUT2D eigenvalue weighted by molar-refractivity contribution is 0.0950. The first-order valence-corrected chi connectivity index (χ1v) is 11.1. The van der Waals surface area contributed by atoms with Gasteiger partial charge >= 0.3 is 0 Å². The Morgan fingerprint density at radius 2 is 2.00 bits per heavy atom. The van der Waals surface area contributed by atoms with Gasteiger partial charge in [0.1, 0.15) is 17.1 Å². The van der Waals surface area contributed by atoms with Gasteiger partial charge in [0, 0.05) is 31.7 Å². The zero-order valence-electron chi connectivity index (χ0n) is 17.5. The lowest BCUT2D eigenvalue weighted by atomic mass is 10.1. The highest BCUT2D eigenvalue weighted by Gasteiger charge is 2.32. The number of hydrogen-bond donors (Lipinski definition) is 2. The Bertz CT molecular complexity index is 1030. The van der Waals surface area contributed by atoms with Crippen LogP contribution in [0.3, 0.4) is 0 Å². The standard InChI is InChI=1S/C24H25ClFN5O/c25-21-7-9-22(28-12-10-17-3-1-5-20(26)13-17)31(21)23-8-6-19(16-29-23)24(32)30-15-18-4-2-11-27-14-18/h1-6,8,11,13-14,16,21-22,28H,7,9-10,12,15H2,(H,30,32). The van der Waals surface area contributed by atoms with E-state index in [1.165, 1.54) is 6.07 Å². The predicted octanol–water partition coefficient (Wildman–Crippen LogP) is 3.87. The average molecular weight is 454 g/mol. The minimum atomic E-state index is -0.223. The number of benzene rings is 1. The zero-order chi connectivity index (χ0) is 22.3. The Labute approximate surface area is 191 Å². The molecule has 1 saturated heterocycles. The lowest BCUT2D eigenvalue weighted by Crippen LogP contribution is -2.44. The van der Waals surface area contributed by atoms with Crippen molar-refractivity contribution in [2.24, 2.45) is 0 Å². The fraction of sp³-hybridized carbons (Fsp3) is 0.292. The largest absolute Gasteiger partial charge is 0.348 e. The van der Waals surface area contributed by atoms with Crippen molar-refractivity contribution in [3.63, 3.8) is 0 Å². The highest BCUT2D eigenvalue weighted by molar-refractivity contribution is 6.22. The van der Waals surface area contributed by atoms with Crippen molar-refractivity contribution in [3.05, 3.63) is 89.6 Å². The number of nitrogens with one attached hydrogen (secondary N) is 2. The molecule has 2 N–H and O–H groups in total. The van der Waals surface area contributed by atoms with Crippen molar-refractivity contribution in [2.75, 3.05) is 11.4 Å². The number of anilines is 1.